The van der Waals surface area contributed by atoms with Crippen LogP contribution in [0.15, 0.2) is 23.1 Å². The first-order chi connectivity index (χ1) is 12.9. The fraction of sp³-hybridized carbons (Fsp3) is 0.389. The molecule has 2 heterocycles. The molecule has 1 aliphatic carbocycles. The van der Waals surface area contributed by atoms with Gasteiger partial charge in [-0.2, -0.15) is 0 Å². The van der Waals surface area contributed by atoms with Crippen molar-refractivity contribution in [2.75, 3.05) is 24.5 Å². The van der Waals surface area contributed by atoms with Gasteiger partial charge in [-0.3, -0.25) is 9.59 Å². The molecule has 142 valence electrons. The highest BCUT2D eigenvalue weighted by atomic mass is 19.1. The average Bonchev–Trinajstić information content (AvgIpc) is 3.47. The van der Waals surface area contributed by atoms with Crippen LogP contribution in [0.4, 0.5) is 10.1 Å². The molecule has 1 aromatic heterocycles. The first-order valence-corrected chi connectivity index (χ1v) is 8.69. The van der Waals surface area contributed by atoms with E-state index in [9.17, 15) is 29.0 Å². The second-order valence-corrected chi connectivity index (χ2v) is 6.93. The molecule has 4 rings (SSSR count). The highest BCUT2D eigenvalue weighted by molar-refractivity contribution is 5.93. The van der Waals surface area contributed by atoms with E-state index in [0.29, 0.717) is 18.6 Å². The van der Waals surface area contributed by atoms with Crippen molar-refractivity contribution in [3.05, 3.63) is 39.9 Å². The topological polar surface area (TPSA) is 112 Å². The summed E-state index contributed by atoms with van der Waals surface area (Å²) < 4.78 is 16.5. The number of carbonyl (C=O) groups is 2. The van der Waals surface area contributed by atoms with Gasteiger partial charge in [-0.1, -0.05) is 0 Å². The fourth-order valence-corrected chi connectivity index (χ4v) is 3.54. The standard InChI is InChI=1S/C18H18FN3O5/c19-12-5-10-14(6-15(12)21-4-3-20-13(8-21)18(26)27)22(9-1-2-9)7-11(16(10)23)17(24)25/h5-7,9,13,20H,1-4,8H2,(H,24,25)(H,26,27). The van der Waals surface area contributed by atoms with E-state index < -0.39 is 29.2 Å². The normalized spacial score (nSPS) is 20.0. The second kappa shape index (κ2) is 6.34. The minimum atomic E-state index is -1.34. The maximum absolute atomic E-state index is 14.8. The number of piperazine rings is 1. The summed E-state index contributed by atoms with van der Waals surface area (Å²) >= 11 is 0. The van der Waals surface area contributed by atoms with Crippen molar-refractivity contribution in [2.24, 2.45) is 0 Å². The lowest BCUT2D eigenvalue weighted by molar-refractivity contribution is -0.139. The van der Waals surface area contributed by atoms with E-state index in [-0.39, 0.29) is 29.2 Å². The van der Waals surface area contributed by atoms with Crippen LogP contribution in [0.25, 0.3) is 10.9 Å². The van der Waals surface area contributed by atoms with Crippen LogP contribution in [-0.2, 0) is 4.79 Å². The molecule has 1 unspecified atom stereocenters. The number of pyridine rings is 1. The Balaban J connectivity index is 1.87. The molecule has 2 aliphatic rings. The molecule has 1 saturated heterocycles. The van der Waals surface area contributed by atoms with Gasteiger partial charge in [0.15, 0.2) is 0 Å². The first kappa shape index (κ1) is 17.5. The van der Waals surface area contributed by atoms with Crippen LogP contribution in [-0.4, -0.2) is 52.4 Å². The van der Waals surface area contributed by atoms with Crippen LogP contribution in [0.5, 0.6) is 0 Å². The summed E-state index contributed by atoms with van der Waals surface area (Å²) in [4.78, 5) is 36.7. The summed E-state index contributed by atoms with van der Waals surface area (Å²) in [5.74, 6) is -3.02. The van der Waals surface area contributed by atoms with Crippen molar-refractivity contribution in [1.82, 2.24) is 9.88 Å². The molecule has 2 fully saturated rings. The van der Waals surface area contributed by atoms with Gasteiger partial charge < -0.3 is 25.0 Å². The lowest BCUT2D eigenvalue weighted by atomic mass is 10.1. The van der Waals surface area contributed by atoms with Gasteiger partial charge in [0.2, 0.25) is 5.43 Å². The van der Waals surface area contributed by atoms with Crippen molar-refractivity contribution in [2.45, 2.75) is 24.9 Å². The number of aromatic carboxylic acids is 1. The van der Waals surface area contributed by atoms with Crippen molar-refractivity contribution < 1.29 is 24.2 Å². The molecule has 1 atom stereocenters. The van der Waals surface area contributed by atoms with E-state index in [4.69, 9.17) is 0 Å². The van der Waals surface area contributed by atoms with Gasteiger partial charge in [-0.25, -0.2) is 9.18 Å². The van der Waals surface area contributed by atoms with Gasteiger partial charge in [0.25, 0.3) is 0 Å². The Morgan fingerprint density at radius 1 is 1.22 bits per heavy atom. The van der Waals surface area contributed by atoms with Crippen LogP contribution in [0, 0.1) is 5.82 Å². The van der Waals surface area contributed by atoms with E-state index in [1.807, 2.05) is 0 Å². The Morgan fingerprint density at radius 2 is 1.96 bits per heavy atom. The summed E-state index contributed by atoms with van der Waals surface area (Å²) in [6.07, 6.45) is 3.04. The number of nitrogens with one attached hydrogen (secondary N) is 1. The van der Waals surface area contributed by atoms with Crippen molar-refractivity contribution >= 4 is 28.5 Å². The summed E-state index contributed by atoms with van der Waals surface area (Å²) in [5, 5.41) is 21.4. The predicted molar refractivity (Wildman–Crippen MR) is 95.0 cm³/mol. The van der Waals surface area contributed by atoms with E-state index in [1.54, 1.807) is 9.47 Å². The van der Waals surface area contributed by atoms with Gasteiger partial charge in [-0.15, -0.1) is 0 Å². The Kier molecular flexibility index (Phi) is 4.11. The predicted octanol–water partition coefficient (Wildman–Crippen LogP) is 1.04. The van der Waals surface area contributed by atoms with Gasteiger partial charge in [0, 0.05) is 37.3 Å². The molecular weight excluding hydrogens is 357 g/mol. The van der Waals surface area contributed by atoms with Crippen LogP contribution in [0.3, 0.4) is 0 Å². The number of fused-ring (bicyclic) bond motifs is 1. The highest BCUT2D eigenvalue weighted by Gasteiger charge is 2.30. The molecule has 1 saturated carbocycles. The van der Waals surface area contributed by atoms with Gasteiger partial charge in [-0.05, 0) is 25.0 Å². The van der Waals surface area contributed by atoms with E-state index in [0.717, 1.165) is 18.9 Å². The zero-order chi connectivity index (χ0) is 19.3. The summed E-state index contributed by atoms with van der Waals surface area (Å²) in [6.45, 7) is 0.910. The molecule has 27 heavy (non-hydrogen) atoms. The number of carboxylic acids is 2. The minimum Gasteiger partial charge on any atom is -0.480 e. The monoisotopic (exact) mass is 375 g/mol. The number of hydrogen-bond acceptors (Lipinski definition) is 5. The Morgan fingerprint density at radius 3 is 2.59 bits per heavy atom. The van der Waals surface area contributed by atoms with E-state index >= 15 is 0 Å². The Labute approximate surface area is 152 Å². The second-order valence-electron chi connectivity index (χ2n) is 6.93. The van der Waals surface area contributed by atoms with Crippen LogP contribution in [0.2, 0.25) is 0 Å². The third-order valence-electron chi connectivity index (χ3n) is 5.09. The molecule has 1 aromatic carbocycles. The zero-order valence-electron chi connectivity index (χ0n) is 14.3. The van der Waals surface area contributed by atoms with Gasteiger partial charge in [0.1, 0.15) is 17.4 Å². The number of aliphatic carboxylic acids is 1. The number of nitrogens with zero attached hydrogens (tertiary/aromatic N) is 2. The average molecular weight is 375 g/mol. The molecule has 3 N–H and O–H groups in total. The quantitative estimate of drug-likeness (QED) is 0.732. The van der Waals surface area contributed by atoms with E-state index in [2.05, 4.69) is 5.32 Å². The molecule has 0 bridgehead atoms. The summed E-state index contributed by atoms with van der Waals surface area (Å²) in [5.41, 5.74) is -0.417. The maximum Gasteiger partial charge on any atom is 0.341 e. The molecule has 0 radical (unpaired) electrons. The minimum absolute atomic E-state index is 0.0213. The van der Waals surface area contributed by atoms with Gasteiger partial charge >= 0.3 is 11.9 Å². The fourth-order valence-electron chi connectivity index (χ4n) is 3.54. The first-order valence-electron chi connectivity index (χ1n) is 8.69. The van der Waals surface area contributed by atoms with E-state index in [1.165, 1.54) is 12.3 Å². The van der Waals surface area contributed by atoms with Crippen molar-refractivity contribution in [3.8, 4) is 0 Å². The van der Waals surface area contributed by atoms with Crippen LogP contribution < -0.4 is 15.6 Å². The Hall–Kier alpha value is -2.94. The lowest BCUT2D eigenvalue weighted by Crippen LogP contribution is -2.54. The van der Waals surface area contributed by atoms with Crippen molar-refractivity contribution in [3.63, 3.8) is 0 Å². The summed E-state index contributed by atoms with van der Waals surface area (Å²) in [6, 6.07) is 1.87. The number of hydrogen-bond donors (Lipinski definition) is 3. The molecular formula is C18H18FN3O5. The number of carboxylic acid groups (broad SMARTS) is 2. The van der Waals surface area contributed by atoms with Crippen LogP contribution >= 0.6 is 0 Å². The number of rotatable bonds is 4. The zero-order valence-corrected chi connectivity index (χ0v) is 14.3. The van der Waals surface area contributed by atoms with Gasteiger partial charge in [0.05, 0.1) is 11.2 Å². The number of halogens is 1. The molecule has 1 aliphatic heterocycles. The largest absolute Gasteiger partial charge is 0.480 e. The molecule has 8 nitrogen and oxygen atoms in total. The number of aromatic nitrogens is 1. The van der Waals surface area contributed by atoms with Crippen LogP contribution in [0.1, 0.15) is 29.2 Å². The Bertz CT molecular complexity index is 1010. The SMILES string of the molecule is O=C(O)c1cn(C2CC2)c2cc(N3CCNC(C(=O)O)C3)c(F)cc2c1=O. The maximum atomic E-state index is 14.8. The third kappa shape index (κ3) is 3.03. The van der Waals surface area contributed by atoms with Crippen molar-refractivity contribution in [1.29, 1.82) is 0 Å². The molecule has 2 aromatic rings. The highest BCUT2D eigenvalue weighted by Crippen LogP contribution is 2.38. The lowest BCUT2D eigenvalue weighted by Gasteiger charge is -2.33. The number of benzene rings is 1. The molecule has 9 heteroatoms. The number of anilines is 1. The molecule has 0 spiro atoms. The third-order valence-corrected chi connectivity index (χ3v) is 5.09. The molecule has 0 amide bonds. The summed E-state index contributed by atoms with van der Waals surface area (Å²) in [7, 11) is 0. The smallest absolute Gasteiger partial charge is 0.341 e.